The normalized spacial score (nSPS) is 19.1. The highest BCUT2D eigenvalue weighted by Gasteiger charge is 2.33. The van der Waals surface area contributed by atoms with E-state index in [9.17, 15) is 4.21 Å². The number of hydrogen-bond acceptors (Lipinski definition) is 8. The lowest BCUT2D eigenvalue weighted by Gasteiger charge is -2.34. The molecule has 37 heavy (non-hydrogen) atoms. The Morgan fingerprint density at radius 2 is 2.05 bits per heavy atom. The Morgan fingerprint density at radius 3 is 2.73 bits per heavy atom. The van der Waals surface area contributed by atoms with Gasteiger partial charge in [-0.05, 0) is 25.8 Å². The molecule has 0 aromatic carbocycles. The largest absolute Gasteiger partial charge is 0.377 e. The van der Waals surface area contributed by atoms with Crippen LogP contribution in [0.2, 0.25) is 25.7 Å². The lowest BCUT2D eigenvalue weighted by atomic mass is 10.1. The smallest absolute Gasteiger partial charge is 0.169 e. The summed E-state index contributed by atoms with van der Waals surface area (Å²) in [6.07, 6.45) is 7.28. The minimum absolute atomic E-state index is 0.170. The molecule has 2 fully saturated rings. The fraction of sp³-hybridized carbons (Fsp3) is 0.640. The van der Waals surface area contributed by atoms with Gasteiger partial charge in [0.15, 0.2) is 11.5 Å². The van der Waals surface area contributed by atoms with E-state index in [1.807, 2.05) is 21.5 Å². The van der Waals surface area contributed by atoms with Gasteiger partial charge >= 0.3 is 0 Å². The molecule has 10 nitrogen and oxygen atoms in total. The number of nitrogens with zero attached hydrogens (tertiary/aromatic N) is 7. The zero-order chi connectivity index (χ0) is 26.4. The first-order chi connectivity index (χ1) is 17.5. The number of anilines is 1. The highest BCUT2D eigenvalue weighted by Crippen LogP contribution is 2.46. The number of pyridine rings is 1. The van der Waals surface area contributed by atoms with E-state index >= 15 is 0 Å². The van der Waals surface area contributed by atoms with Gasteiger partial charge < -0.3 is 14.4 Å². The molecule has 1 saturated carbocycles. The molecule has 0 unspecified atom stereocenters. The van der Waals surface area contributed by atoms with Crippen LogP contribution in [0.4, 0.5) is 11.5 Å². The molecule has 0 amide bonds. The predicted molar refractivity (Wildman–Crippen MR) is 150 cm³/mol. The van der Waals surface area contributed by atoms with Crippen molar-refractivity contribution in [2.45, 2.75) is 64.1 Å². The molecule has 0 radical (unpaired) electrons. The molecule has 0 N–H and O–H groups in total. The summed E-state index contributed by atoms with van der Waals surface area (Å²) in [5.41, 5.74) is 2.38. The Hall–Kier alpha value is -2.28. The monoisotopic (exact) mass is 545 g/mol. The summed E-state index contributed by atoms with van der Waals surface area (Å²) < 4.78 is 33.0. The van der Waals surface area contributed by atoms with Crippen molar-refractivity contribution in [1.29, 1.82) is 0 Å². The maximum atomic E-state index is 12.9. The molecule has 1 saturated heterocycles. The summed E-state index contributed by atoms with van der Waals surface area (Å²) in [6.45, 7) is 12.2. The van der Waals surface area contributed by atoms with Gasteiger partial charge in [0, 0.05) is 61.5 Å². The Kier molecular flexibility index (Phi) is 7.20. The quantitative estimate of drug-likeness (QED) is 0.290. The van der Waals surface area contributed by atoms with Crippen LogP contribution >= 0.6 is 0 Å². The maximum absolute atomic E-state index is 12.9. The van der Waals surface area contributed by atoms with Crippen molar-refractivity contribution in [3.8, 4) is 5.82 Å². The van der Waals surface area contributed by atoms with Crippen LogP contribution in [0.5, 0.6) is 0 Å². The molecule has 12 heteroatoms. The van der Waals surface area contributed by atoms with Crippen molar-refractivity contribution < 1.29 is 13.7 Å². The van der Waals surface area contributed by atoms with Crippen LogP contribution in [-0.2, 0) is 25.9 Å². The molecule has 2 aliphatic rings. The summed E-state index contributed by atoms with van der Waals surface area (Å²) in [4.78, 5) is 7.37. The molecule has 5 rings (SSSR count). The maximum Gasteiger partial charge on any atom is 0.169 e. The van der Waals surface area contributed by atoms with E-state index in [-0.39, 0.29) is 6.04 Å². The minimum atomic E-state index is -2.40. The fourth-order valence-corrected chi connectivity index (χ4v) is 5.94. The molecule has 1 aliphatic heterocycles. The first-order valence-electron chi connectivity index (χ1n) is 13.1. The second kappa shape index (κ2) is 10.1. The summed E-state index contributed by atoms with van der Waals surface area (Å²) in [7, 11) is -3.58. The van der Waals surface area contributed by atoms with Crippen molar-refractivity contribution in [2.24, 2.45) is 4.36 Å². The zero-order valence-electron chi connectivity index (χ0n) is 22.8. The van der Waals surface area contributed by atoms with E-state index < -0.39 is 17.8 Å². The fourth-order valence-electron chi connectivity index (χ4n) is 4.57. The van der Waals surface area contributed by atoms with Gasteiger partial charge in [-0.1, -0.05) is 19.6 Å². The lowest BCUT2D eigenvalue weighted by molar-refractivity contribution is 0.0782. The molecule has 3 aromatic heterocycles. The molecule has 0 bridgehead atoms. The molecular formula is C25H39N7O3SSi. The number of rotatable bonds is 9. The van der Waals surface area contributed by atoms with E-state index in [2.05, 4.69) is 36.6 Å². The van der Waals surface area contributed by atoms with Gasteiger partial charge in [-0.3, -0.25) is 0 Å². The molecule has 0 spiro atoms. The summed E-state index contributed by atoms with van der Waals surface area (Å²) in [5, 5.41) is 10.5. The van der Waals surface area contributed by atoms with Crippen molar-refractivity contribution in [3.63, 3.8) is 0 Å². The third-order valence-corrected chi connectivity index (χ3v) is 9.04. The van der Waals surface area contributed by atoms with E-state index in [4.69, 9.17) is 23.9 Å². The average Bonchev–Trinajstić information content (AvgIpc) is 3.42. The number of hydrogen-bond donors (Lipinski definition) is 0. The van der Waals surface area contributed by atoms with E-state index in [0.29, 0.717) is 43.8 Å². The van der Waals surface area contributed by atoms with Gasteiger partial charge in [0.1, 0.15) is 12.5 Å². The van der Waals surface area contributed by atoms with Crippen LogP contribution < -0.4 is 4.90 Å². The van der Waals surface area contributed by atoms with Gasteiger partial charge in [0.05, 0.1) is 42.2 Å². The number of ether oxygens (including phenoxy) is 2. The Bertz CT molecular complexity index is 1390. The number of morpholine rings is 1. The first-order valence-corrected chi connectivity index (χ1v) is 19.1. The van der Waals surface area contributed by atoms with E-state index in [1.165, 1.54) is 0 Å². The van der Waals surface area contributed by atoms with Crippen LogP contribution in [-0.4, -0.2) is 81.7 Å². The van der Waals surface area contributed by atoms with Crippen LogP contribution in [0.3, 0.4) is 0 Å². The first kappa shape index (κ1) is 26.3. The topological polar surface area (TPSA) is 99.7 Å². The zero-order valence-corrected chi connectivity index (χ0v) is 24.6. The van der Waals surface area contributed by atoms with Gasteiger partial charge in [-0.25, -0.2) is 13.9 Å². The van der Waals surface area contributed by atoms with Crippen molar-refractivity contribution in [3.05, 3.63) is 24.0 Å². The minimum Gasteiger partial charge on any atom is -0.377 e. The van der Waals surface area contributed by atoms with Crippen LogP contribution in [0.25, 0.3) is 16.9 Å². The van der Waals surface area contributed by atoms with Crippen LogP contribution in [0, 0.1) is 0 Å². The standard InChI is InChI=1S/C25H39N7O3SSi/c1-18-16-34-12-11-30(18)21-15-20(29-36(2,3)33)23-24(19-7-8-19)28-32(25(23)27-21)22-9-10-26-31(22)17-35-13-14-37(4,5)6/h9-10,15,18-19H,7-8,11-14,16-17H2,1-6H3/t18-/m1/s1. The van der Waals surface area contributed by atoms with Crippen molar-refractivity contribution in [1.82, 2.24) is 24.5 Å². The molecule has 202 valence electrons. The van der Waals surface area contributed by atoms with Crippen molar-refractivity contribution in [2.75, 3.05) is 43.8 Å². The average molecular weight is 546 g/mol. The summed E-state index contributed by atoms with van der Waals surface area (Å²) in [6, 6.07) is 5.19. The van der Waals surface area contributed by atoms with Crippen LogP contribution in [0.15, 0.2) is 22.7 Å². The molecule has 1 aliphatic carbocycles. The van der Waals surface area contributed by atoms with Gasteiger partial charge in [0.25, 0.3) is 0 Å². The Morgan fingerprint density at radius 1 is 1.27 bits per heavy atom. The summed E-state index contributed by atoms with van der Waals surface area (Å²) >= 11 is 0. The Balaban J connectivity index is 1.62. The van der Waals surface area contributed by atoms with Gasteiger partial charge in [0.2, 0.25) is 0 Å². The third-order valence-electron chi connectivity index (χ3n) is 6.70. The van der Waals surface area contributed by atoms with Gasteiger partial charge in [-0.2, -0.15) is 19.2 Å². The Labute approximate surface area is 220 Å². The van der Waals surface area contributed by atoms with E-state index in [1.54, 1.807) is 18.7 Å². The highest BCUT2D eigenvalue weighted by atomic mass is 32.2. The second-order valence-corrected chi connectivity index (χ2v) is 19.9. The second-order valence-electron chi connectivity index (χ2n) is 11.7. The van der Waals surface area contributed by atoms with Crippen molar-refractivity contribution >= 4 is 40.3 Å². The third kappa shape index (κ3) is 6.08. The highest BCUT2D eigenvalue weighted by molar-refractivity contribution is 7.92. The predicted octanol–water partition coefficient (Wildman–Crippen LogP) is 4.39. The summed E-state index contributed by atoms with van der Waals surface area (Å²) in [5.74, 6) is 1.96. The molecule has 1 atom stereocenters. The SMILES string of the molecule is C[C@@H]1COCCN1c1cc(N=S(C)(C)=O)c2c(C3CC3)nn(-c3ccnn3COCC[Si](C)(C)C)c2n1. The molecular weight excluding hydrogens is 506 g/mol. The van der Waals surface area contributed by atoms with Crippen LogP contribution in [0.1, 0.15) is 31.4 Å². The molecule has 4 heterocycles. The number of fused-ring (bicyclic) bond motifs is 1. The van der Waals surface area contributed by atoms with E-state index in [0.717, 1.165) is 48.1 Å². The lowest BCUT2D eigenvalue weighted by Crippen LogP contribution is -2.44. The van der Waals surface area contributed by atoms with Gasteiger partial charge in [-0.15, -0.1) is 0 Å². The number of aromatic nitrogens is 5. The molecule has 3 aromatic rings.